The van der Waals surface area contributed by atoms with Gasteiger partial charge in [-0.15, -0.1) is 5.10 Å². The van der Waals surface area contributed by atoms with Crippen LogP contribution in [-0.4, -0.2) is 33.1 Å². The zero-order chi connectivity index (χ0) is 22.5. The summed E-state index contributed by atoms with van der Waals surface area (Å²) in [5, 5.41) is 21.4. The molecular formula is C24H23N5O3. The van der Waals surface area contributed by atoms with E-state index in [9.17, 15) is 9.90 Å². The molecule has 4 N–H and O–H groups in total. The van der Waals surface area contributed by atoms with Gasteiger partial charge in [0, 0.05) is 17.7 Å². The number of carbonyl (C=O) groups excluding carboxylic acids is 1. The third-order valence-corrected chi connectivity index (χ3v) is 5.10. The van der Waals surface area contributed by atoms with Crippen molar-refractivity contribution in [3.63, 3.8) is 0 Å². The highest BCUT2D eigenvalue weighted by Gasteiger charge is 2.11. The monoisotopic (exact) mass is 429 g/mol. The van der Waals surface area contributed by atoms with Crippen LogP contribution in [0.4, 0.5) is 11.4 Å². The Bertz CT molecular complexity index is 1230. The van der Waals surface area contributed by atoms with Crippen molar-refractivity contribution in [1.82, 2.24) is 15.0 Å². The zero-order valence-corrected chi connectivity index (χ0v) is 17.5. The number of methoxy groups -OCH3 is 1. The molecule has 162 valence electrons. The number of para-hydroxylation sites is 3. The van der Waals surface area contributed by atoms with Crippen LogP contribution < -0.4 is 15.8 Å². The van der Waals surface area contributed by atoms with Gasteiger partial charge in [0.1, 0.15) is 5.69 Å². The lowest BCUT2D eigenvalue weighted by molar-refractivity contribution is 0.102. The molecular weight excluding hydrogens is 406 g/mol. The highest BCUT2D eigenvalue weighted by Crippen LogP contribution is 2.30. The maximum Gasteiger partial charge on any atom is 0.255 e. The number of phenols is 1. The average Bonchev–Trinajstić information content (AvgIpc) is 3.29. The lowest BCUT2D eigenvalue weighted by atomic mass is 10.1. The molecule has 1 aromatic heterocycles. The van der Waals surface area contributed by atoms with Crippen molar-refractivity contribution in [2.75, 3.05) is 18.2 Å². The molecule has 32 heavy (non-hydrogen) atoms. The quantitative estimate of drug-likeness (QED) is 0.386. The first kappa shape index (κ1) is 20.9. The number of rotatable bonds is 7. The highest BCUT2D eigenvalue weighted by molar-refractivity contribution is 6.05. The van der Waals surface area contributed by atoms with Crippen molar-refractivity contribution in [3.05, 3.63) is 84.1 Å². The van der Waals surface area contributed by atoms with E-state index in [1.807, 2.05) is 42.6 Å². The fraction of sp³-hybridized carbons (Fsp3) is 0.125. The van der Waals surface area contributed by atoms with Crippen LogP contribution in [0.25, 0.3) is 11.3 Å². The van der Waals surface area contributed by atoms with Crippen LogP contribution in [0.1, 0.15) is 15.9 Å². The first-order valence-corrected chi connectivity index (χ1v) is 10.1. The minimum absolute atomic E-state index is 0.140. The molecule has 0 aliphatic rings. The standard InChI is InChI=1S/C24H23N5O3/c1-32-22-8-4-5-17(23(22)30)13-14-29-15-21(27-28-29)16-9-11-18(12-10-16)24(31)26-20-7-3-2-6-19(20)25/h2-12,15,30H,13-14,25H2,1H3,(H,26,31). The number of aryl methyl sites for hydroxylation is 2. The molecule has 0 aliphatic heterocycles. The van der Waals surface area contributed by atoms with Crippen LogP contribution in [-0.2, 0) is 13.0 Å². The smallest absolute Gasteiger partial charge is 0.255 e. The molecule has 8 nitrogen and oxygen atoms in total. The van der Waals surface area contributed by atoms with Gasteiger partial charge in [-0.25, -0.2) is 0 Å². The molecule has 1 amide bonds. The number of nitrogens with zero attached hydrogens (tertiary/aromatic N) is 3. The molecule has 0 bridgehead atoms. The maximum atomic E-state index is 12.5. The van der Waals surface area contributed by atoms with E-state index in [0.717, 1.165) is 11.1 Å². The molecule has 4 rings (SSSR count). The van der Waals surface area contributed by atoms with Crippen LogP contribution in [0.5, 0.6) is 11.5 Å². The van der Waals surface area contributed by atoms with Crippen molar-refractivity contribution in [3.8, 4) is 22.8 Å². The first-order chi connectivity index (χ1) is 15.5. The molecule has 8 heteroatoms. The van der Waals surface area contributed by atoms with E-state index in [4.69, 9.17) is 10.5 Å². The van der Waals surface area contributed by atoms with Gasteiger partial charge in [-0.2, -0.15) is 0 Å². The summed E-state index contributed by atoms with van der Waals surface area (Å²) < 4.78 is 6.86. The van der Waals surface area contributed by atoms with E-state index in [2.05, 4.69) is 15.6 Å². The van der Waals surface area contributed by atoms with E-state index in [-0.39, 0.29) is 11.7 Å². The molecule has 0 radical (unpaired) electrons. The van der Waals surface area contributed by atoms with Gasteiger partial charge in [0.05, 0.1) is 24.7 Å². The normalized spacial score (nSPS) is 10.7. The molecule has 0 unspecified atom stereocenters. The van der Waals surface area contributed by atoms with Gasteiger partial charge < -0.3 is 20.9 Å². The molecule has 1 heterocycles. The summed E-state index contributed by atoms with van der Waals surface area (Å²) in [4.78, 5) is 12.5. The van der Waals surface area contributed by atoms with Crippen molar-refractivity contribution < 1.29 is 14.6 Å². The average molecular weight is 429 g/mol. The molecule has 0 spiro atoms. The Morgan fingerprint density at radius 2 is 1.88 bits per heavy atom. The molecule has 0 fully saturated rings. The number of ether oxygens (including phenoxy) is 1. The topological polar surface area (TPSA) is 115 Å². The number of hydrogen-bond donors (Lipinski definition) is 3. The van der Waals surface area contributed by atoms with Crippen LogP contribution in [0.15, 0.2) is 72.9 Å². The minimum Gasteiger partial charge on any atom is -0.504 e. The minimum atomic E-state index is -0.240. The van der Waals surface area contributed by atoms with Crippen LogP contribution in [0.3, 0.4) is 0 Å². The number of amides is 1. The lowest BCUT2D eigenvalue weighted by Gasteiger charge is -2.08. The summed E-state index contributed by atoms with van der Waals surface area (Å²) in [6, 6.07) is 19.6. The lowest BCUT2D eigenvalue weighted by Crippen LogP contribution is -2.12. The Balaban J connectivity index is 1.41. The third kappa shape index (κ3) is 4.54. The second-order valence-electron chi connectivity index (χ2n) is 7.20. The van der Waals surface area contributed by atoms with Gasteiger partial charge >= 0.3 is 0 Å². The van der Waals surface area contributed by atoms with Crippen LogP contribution in [0, 0.1) is 0 Å². The Morgan fingerprint density at radius 1 is 1.09 bits per heavy atom. The molecule has 0 atom stereocenters. The Hall–Kier alpha value is -4.33. The second-order valence-corrected chi connectivity index (χ2v) is 7.20. The largest absolute Gasteiger partial charge is 0.504 e. The number of aromatic nitrogens is 3. The van der Waals surface area contributed by atoms with Gasteiger partial charge in [-0.05, 0) is 42.3 Å². The number of nitrogens with two attached hydrogens (primary N) is 1. The van der Waals surface area contributed by atoms with E-state index < -0.39 is 0 Å². The Kier molecular flexibility index (Phi) is 6.03. The first-order valence-electron chi connectivity index (χ1n) is 10.1. The molecule has 0 saturated heterocycles. The summed E-state index contributed by atoms with van der Waals surface area (Å²) in [7, 11) is 1.52. The molecule has 3 aromatic carbocycles. The van der Waals surface area contributed by atoms with E-state index >= 15 is 0 Å². The number of hydrogen-bond acceptors (Lipinski definition) is 6. The SMILES string of the molecule is COc1cccc(CCn2cc(-c3ccc(C(=O)Nc4ccccc4N)cc3)nn2)c1O. The summed E-state index contributed by atoms with van der Waals surface area (Å²) >= 11 is 0. The van der Waals surface area contributed by atoms with Crippen LogP contribution in [0.2, 0.25) is 0 Å². The van der Waals surface area contributed by atoms with Crippen LogP contribution >= 0.6 is 0 Å². The van der Waals surface area contributed by atoms with Crippen molar-refractivity contribution in [1.29, 1.82) is 0 Å². The number of aromatic hydroxyl groups is 1. The van der Waals surface area contributed by atoms with Crippen molar-refractivity contribution in [2.45, 2.75) is 13.0 Å². The number of carbonyl (C=O) groups is 1. The Morgan fingerprint density at radius 3 is 2.62 bits per heavy atom. The van der Waals surface area contributed by atoms with Crippen molar-refractivity contribution >= 4 is 17.3 Å². The van der Waals surface area contributed by atoms with E-state index in [1.165, 1.54) is 7.11 Å². The fourth-order valence-electron chi connectivity index (χ4n) is 3.31. The van der Waals surface area contributed by atoms with E-state index in [0.29, 0.717) is 41.3 Å². The maximum absolute atomic E-state index is 12.5. The third-order valence-electron chi connectivity index (χ3n) is 5.10. The van der Waals surface area contributed by atoms with Crippen molar-refractivity contribution in [2.24, 2.45) is 0 Å². The number of benzene rings is 3. The second kappa shape index (κ2) is 9.22. The number of nitrogens with one attached hydrogen (secondary N) is 1. The number of phenolic OH excluding ortho intramolecular Hbond substituents is 1. The molecule has 4 aromatic rings. The Labute approximate surface area is 185 Å². The predicted molar refractivity (Wildman–Crippen MR) is 123 cm³/mol. The van der Waals surface area contributed by atoms with E-state index in [1.54, 1.807) is 35.0 Å². The predicted octanol–water partition coefficient (Wildman–Crippen LogP) is 3.74. The summed E-state index contributed by atoms with van der Waals surface area (Å²) in [5.74, 6) is 0.346. The molecule has 0 aliphatic carbocycles. The number of nitrogen functional groups attached to an aromatic ring is 1. The fourth-order valence-corrected chi connectivity index (χ4v) is 3.31. The zero-order valence-electron chi connectivity index (χ0n) is 17.5. The highest BCUT2D eigenvalue weighted by atomic mass is 16.5. The summed E-state index contributed by atoms with van der Waals surface area (Å²) in [5.41, 5.74) is 9.79. The van der Waals surface area contributed by atoms with Gasteiger partial charge in [0.15, 0.2) is 11.5 Å². The van der Waals surface area contributed by atoms with Gasteiger partial charge in [0.2, 0.25) is 0 Å². The summed E-state index contributed by atoms with van der Waals surface area (Å²) in [6.07, 6.45) is 2.41. The van der Waals surface area contributed by atoms with Gasteiger partial charge in [0.25, 0.3) is 5.91 Å². The molecule has 0 saturated carbocycles. The van der Waals surface area contributed by atoms with Gasteiger partial charge in [-0.1, -0.05) is 41.6 Å². The van der Waals surface area contributed by atoms with Gasteiger partial charge in [-0.3, -0.25) is 9.48 Å². The number of anilines is 2. The summed E-state index contributed by atoms with van der Waals surface area (Å²) in [6.45, 7) is 0.548.